The summed E-state index contributed by atoms with van der Waals surface area (Å²) in [4.78, 5) is 12.7. The second-order valence-corrected chi connectivity index (χ2v) is 11.1. The van der Waals surface area contributed by atoms with Crippen molar-refractivity contribution in [1.82, 2.24) is 0 Å². The Kier molecular flexibility index (Phi) is 17.0. The van der Waals surface area contributed by atoms with E-state index in [1.807, 2.05) is 81.6 Å². The van der Waals surface area contributed by atoms with E-state index < -0.39 is 5.60 Å². The summed E-state index contributed by atoms with van der Waals surface area (Å²) in [5.74, 6) is 1.85. The van der Waals surface area contributed by atoms with Crippen molar-refractivity contribution in [3.63, 3.8) is 0 Å². The van der Waals surface area contributed by atoms with E-state index in [2.05, 4.69) is 6.07 Å². The van der Waals surface area contributed by atoms with E-state index in [0.717, 1.165) is 16.7 Å². The van der Waals surface area contributed by atoms with Crippen LogP contribution >= 0.6 is 0 Å². The number of aryl methyl sites for hydroxylation is 1. The van der Waals surface area contributed by atoms with E-state index in [4.69, 9.17) is 14.2 Å². The second-order valence-electron chi connectivity index (χ2n) is 11.1. The topological polar surface area (TPSA) is 69.4 Å². The average molecular weight is 525 g/mol. The molecule has 1 fully saturated rings. The number of carbonyl (C=O) groups is 1. The number of fused-ring (bicyclic) bond motifs is 3. The van der Waals surface area contributed by atoms with Gasteiger partial charge in [0.05, 0.1) is 38.3 Å². The fraction of sp³-hybridized carbons (Fsp3) is 0.774. The predicted molar refractivity (Wildman–Crippen MR) is 153 cm³/mol. The molecule has 2 atom stereocenters. The lowest BCUT2D eigenvalue weighted by atomic mass is 9.68. The van der Waals surface area contributed by atoms with Gasteiger partial charge in [0.15, 0.2) is 0 Å². The fourth-order valence-corrected chi connectivity index (χ4v) is 4.56. The number of nitrogens with one attached hydrogen (secondary N) is 1. The Bertz CT molecular complexity index is 760. The molecule has 6 heteroatoms. The Morgan fingerprint density at radius 1 is 1.00 bits per heavy atom. The van der Waals surface area contributed by atoms with Crippen LogP contribution in [0.5, 0.6) is 5.75 Å². The van der Waals surface area contributed by atoms with Gasteiger partial charge in [-0.15, -0.1) is 0 Å². The van der Waals surface area contributed by atoms with Crippen LogP contribution in [0.25, 0.3) is 0 Å². The van der Waals surface area contributed by atoms with Crippen molar-refractivity contribution in [2.24, 2.45) is 5.92 Å². The number of ether oxygens (including phenoxy) is 3. The molecule has 2 aliphatic carbocycles. The smallest absolute Gasteiger partial charge is 0.312 e. The van der Waals surface area contributed by atoms with Gasteiger partial charge in [-0.05, 0) is 88.5 Å². The summed E-state index contributed by atoms with van der Waals surface area (Å²) in [7, 11) is 5.50. The third kappa shape index (κ3) is 13.6. The highest BCUT2D eigenvalue weighted by molar-refractivity contribution is 5.70. The summed E-state index contributed by atoms with van der Waals surface area (Å²) in [5.41, 5.74) is 2.03. The number of phenols is 1. The maximum Gasteiger partial charge on any atom is 0.312 e. The van der Waals surface area contributed by atoms with Crippen LogP contribution in [0, 0.1) is 5.92 Å². The van der Waals surface area contributed by atoms with Gasteiger partial charge in [0.25, 0.3) is 0 Å². The Balaban J connectivity index is 0.000000621. The third-order valence-corrected chi connectivity index (χ3v) is 6.68. The Morgan fingerprint density at radius 3 is 2.22 bits per heavy atom. The molecule has 37 heavy (non-hydrogen) atoms. The summed E-state index contributed by atoms with van der Waals surface area (Å²) in [6, 6.07) is 5.97. The summed E-state index contributed by atoms with van der Waals surface area (Å²) in [6.45, 7) is 16.4. The van der Waals surface area contributed by atoms with Crippen molar-refractivity contribution in [2.45, 2.75) is 117 Å². The molecule has 0 radical (unpaired) electrons. The molecule has 1 aromatic rings. The van der Waals surface area contributed by atoms with E-state index in [1.54, 1.807) is 7.11 Å². The molecular formula is C31H58NO5+. The molecule has 0 bridgehead atoms. The molecule has 0 spiro atoms. The second kappa shape index (κ2) is 17.8. The number of hydrogen-bond donors (Lipinski definition) is 2. The molecule has 0 amide bonds. The van der Waals surface area contributed by atoms with Crippen molar-refractivity contribution in [3.05, 3.63) is 29.3 Å². The average Bonchev–Trinajstić information content (AvgIpc) is 2.89. The monoisotopic (exact) mass is 524 g/mol. The SMILES string of the molecule is CC.CC.COC(C)(C)COC(C)(C)CC(=O)OC[NH+](C)C.Oc1ccc2c(c1)C1CCCCC1CC2. The summed E-state index contributed by atoms with van der Waals surface area (Å²) in [6.07, 6.45) is 8.34. The molecule has 1 saturated carbocycles. The van der Waals surface area contributed by atoms with Crippen molar-refractivity contribution in [2.75, 3.05) is 34.5 Å². The number of aromatic hydroxyl groups is 1. The van der Waals surface area contributed by atoms with Crippen LogP contribution in [0.4, 0.5) is 0 Å². The lowest BCUT2D eigenvalue weighted by Gasteiger charge is -2.37. The first-order valence-electron chi connectivity index (χ1n) is 14.4. The van der Waals surface area contributed by atoms with Gasteiger partial charge in [0.2, 0.25) is 6.73 Å². The first-order chi connectivity index (χ1) is 17.4. The lowest BCUT2D eigenvalue weighted by Crippen LogP contribution is -3.06. The van der Waals surface area contributed by atoms with Crippen LogP contribution < -0.4 is 4.90 Å². The van der Waals surface area contributed by atoms with Gasteiger partial charge in [0, 0.05) is 7.11 Å². The van der Waals surface area contributed by atoms with Crippen LogP contribution in [0.15, 0.2) is 18.2 Å². The first kappa shape index (κ1) is 35.4. The Labute approximate surface area is 228 Å². The molecule has 0 heterocycles. The van der Waals surface area contributed by atoms with Crippen LogP contribution in [0.2, 0.25) is 0 Å². The molecule has 2 aliphatic rings. The number of benzene rings is 1. The molecule has 2 unspecified atom stereocenters. The number of carbonyl (C=O) groups excluding carboxylic acids is 1. The number of quaternary nitrogens is 1. The zero-order valence-electron chi connectivity index (χ0n) is 25.8. The molecule has 216 valence electrons. The molecule has 0 saturated heterocycles. The zero-order valence-corrected chi connectivity index (χ0v) is 25.8. The summed E-state index contributed by atoms with van der Waals surface area (Å²) >= 11 is 0. The van der Waals surface area contributed by atoms with Crippen molar-refractivity contribution in [1.29, 1.82) is 0 Å². The van der Waals surface area contributed by atoms with Gasteiger partial charge < -0.3 is 24.2 Å². The molecule has 0 aromatic heterocycles. The highest BCUT2D eigenvalue weighted by Crippen LogP contribution is 2.45. The van der Waals surface area contributed by atoms with Gasteiger partial charge in [-0.2, -0.15) is 0 Å². The van der Waals surface area contributed by atoms with E-state index in [1.165, 1.54) is 49.7 Å². The van der Waals surface area contributed by atoms with Gasteiger partial charge in [-0.3, -0.25) is 4.79 Å². The minimum Gasteiger partial charge on any atom is -0.508 e. The van der Waals surface area contributed by atoms with E-state index in [-0.39, 0.29) is 18.0 Å². The van der Waals surface area contributed by atoms with E-state index in [9.17, 15) is 9.90 Å². The quantitative estimate of drug-likeness (QED) is 0.327. The van der Waals surface area contributed by atoms with E-state index in [0.29, 0.717) is 19.1 Å². The highest BCUT2D eigenvalue weighted by atomic mass is 16.6. The maximum absolute atomic E-state index is 11.6. The van der Waals surface area contributed by atoms with Crippen LogP contribution in [-0.2, 0) is 25.4 Å². The van der Waals surface area contributed by atoms with Crippen molar-refractivity contribution < 1.29 is 29.0 Å². The van der Waals surface area contributed by atoms with Gasteiger partial charge >= 0.3 is 5.97 Å². The van der Waals surface area contributed by atoms with Gasteiger partial charge in [-0.1, -0.05) is 46.6 Å². The standard InChI is InChI=1S/C14H18O.C13H27NO4.2C2H6/c15-12-8-7-11-6-5-10-3-1-2-4-13(10)14(11)9-12;1-12(2,18-9-13(3,4)16-7)8-11(15)17-10-14(5)6;2*1-2/h7-10,13,15H,1-6H2;8-10H2,1-7H3;2*1-2H3/p+1. The number of methoxy groups -OCH3 is 1. The maximum atomic E-state index is 11.6. The van der Waals surface area contributed by atoms with Crippen LogP contribution in [-0.4, -0.2) is 56.8 Å². The zero-order chi connectivity index (χ0) is 28.6. The predicted octanol–water partition coefficient (Wildman–Crippen LogP) is 5.91. The van der Waals surface area contributed by atoms with Crippen molar-refractivity contribution in [3.8, 4) is 5.75 Å². The van der Waals surface area contributed by atoms with E-state index >= 15 is 0 Å². The summed E-state index contributed by atoms with van der Waals surface area (Å²) in [5, 5.41) is 9.58. The largest absolute Gasteiger partial charge is 0.508 e. The van der Waals surface area contributed by atoms with Gasteiger partial charge in [0.1, 0.15) is 5.75 Å². The third-order valence-electron chi connectivity index (χ3n) is 6.68. The highest BCUT2D eigenvalue weighted by Gasteiger charge is 2.31. The first-order valence-corrected chi connectivity index (χ1v) is 14.4. The molecular weight excluding hydrogens is 466 g/mol. The Morgan fingerprint density at radius 2 is 1.62 bits per heavy atom. The van der Waals surface area contributed by atoms with Crippen LogP contribution in [0.3, 0.4) is 0 Å². The molecule has 3 rings (SSSR count). The number of esters is 1. The van der Waals surface area contributed by atoms with Gasteiger partial charge in [-0.25, -0.2) is 0 Å². The number of phenolic OH excluding ortho intramolecular Hbond substituents is 1. The van der Waals surface area contributed by atoms with Crippen LogP contribution in [0.1, 0.15) is 111 Å². The number of rotatable bonds is 8. The molecule has 6 nitrogen and oxygen atoms in total. The molecule has 2 N–H and O–H groups in total. The Hall–Kier alpha value is -1.63. The minimum absolute atomic E-state index is 0.236. The summed E-state index contributed by atoms with van der Waals surface area (Å²) < 4.78 is 16.1. The lowest BCUT2D eigenvalue weighted by molar-refractivity contribution is -0.877. The number of hydrogen-bond acceptors (Lipinski definition) is 5. The minimum atomic E-state index is -0.547. The normalized spacial score (nSPS) is 18.5. The molecule has 0 aliphatic heterocycles. The fourth-order valence-electron chi connectivity index (χ4n) is 4.56. The molecule has 1 aromatic carbocycles. The van der Waals surface area contributed by atoms with Crippen molar-refractivity contribution >= 4 is 5.97 Å².